The molecule has 1 aliphatic carbocycles. The number of aryl methyl sites for hydroxylation is 2. The molecule has 0 atom stereocenters. The molecule has 2 heterocycles. The fourth-order valence-electron chi connectivity index (χ4n) is 6.30. The summed E-state index contributed by atoms with van der Waals surface area (Å²) in [7, 11) is -0.316. The highest BCUT2D eigenvalue weighted by Gasteiger charge is 2.44. The van der Waals surface area contributed by atoms with Gasteiger partial charge in [-0.05, 0) is 86.5 Å². The first-order valence-corrected chi connectivity index (χ1v) is 15.5. The minimum atomic E-state index is -2.39. The molecule has 3 heteroatoms. The second kappa shape index (κ2) is 7.76. The van der Waals surface area contributed by atoms with Crippen LogP contribution in [0.15, 0.2) is 66.9 Å². The van der Waals surface area contributed by atoms with Gasteiger partial charge in [0.15, 0.2) is 6.20 Å². The molecule has 0 bridgehead atoms. The average Bonchev–Trinajstić information content (AvgIpc) is 3.19. The maximum absolute atomic E-state index is 10.3. The van der Waals surface area contributed by atoms with Crippen LogP contribution in [0.1, 0.15) is 41.6 Å². The number of fused-ring (bicyclic) bond motifs is 4. The van der Waals surface area contributed by atoms with E-state index in [0.29, 0.717) is 16.7 Å². The molecule has 0 saturated carbocycles. The number of rotatable bonds is 2. The van der Waals surface area contributed by atoms with E-state index in [2.05, 4.69) is 74.2 Å². The van der Waals surface area contributed by atoms with Crippen molar-refractivity contribution in [3.63, 3.8) is 0 Å². The summed E-state index contributed by atoms with van der Waals surface area (Å²) in [4.78, 5) is 0. The Bertz CT molecular complexity index is 1800. The number of hydrogen-bond donors (Lipinski definition) is 0. The number of nitriles is 1. The Hall–Kier alpha value is -3.48. The van der Waals surface area contributed by atoms with Gasteiger partial charge in [0.1, 0.15) is 15.1 Å². The zero-order chi connectivity index (χ0) is 29.0. The number of pyridine rings is 1. The number of hydrogen-bond acceptors (Lipinski definition) is 1. The Labute approximate surface area is 221 Å². The van der Waals surface area contributed by atoms with E-state index in [9.17, 15) is 5.26 Å². The van der Waals surface area contributed by atoms with Crippen molar-refractivity contribution in [2.24, 2.45) is 12.5 Å². The molecule has 0 fully saturated rings. The molecule has 4 aromatic rings. The van der Waals surface area contributed by atoms with Crippen LogP contribution in [0.3, 0.4) is 0 Å². The van der Waals surface area contributed by atoms with Gasteiger partial charge in [0.2, 0.25) is 5.69 Å². The molecule has 3 aromatic carbocycles. The molecular formula is C33H33N2Si+. The van der Waals surface area contributed by atoms with Gasteiger partial charge >= 0.3 is 0 Å². The van der Waals surface area contributed by atoms with Crippen molar-refractivity contribution in [1.82, 2.24) is 0 Å². The minimum Gasteiger partial charge on any atom is -0.201 e. The van der Waals surface area contributed by atoms with Crippen LogP contribution in [0.5, 0.6) is 0 Å². The summed E-state index contributed by atoms with van der Waals surface area (Å²) in [6.07, 6.45) is -1.61. The fraction of sp³-hybridized carbons (Fsp3) is 0.273. The lowest BCUT2D eigenvalue weighted by molar-refractivity contribution is -0.660. The van der Waals surface area contributed by atoms with Crippen molar-refractivity contribution in [3.8, 4) is 39.6 Å². The first kappa shape index (κ1) is 18.7. The molecule has 6 rings (SSSR count). The Morgan fingerprint density at radius 1 is 0.917 bits per heavy atom. The first-order chi connectivity index (χ1) is 18.7. The van der Waals surface area contributed by atoms with Gasteiger partial charge in [-0.15, -0.1) is 0 Å². The summed E-state index contributed by atoms with van der Waals surface area (Å²) in [5, 5.41) is 12.8. The highest BCUT2D eigenvalue weighted by molar-refractivity contribution is 7.05. The molecule has 1 aliphatic heterocycles. The molecule has 36 heavy (non-hydrogen) atoms. The maximum Gasteiger partial charge on any atom is 0.212 e. The predicted octanol–water partition coefficient (Wildman–Crippen LogP) is 5.95. The van der Waals surface area contributed by atoms with Crippen LogP contribution >= 0.6 is 0 Å². The molecule has 0 amide bonds. The van der Waals surface area contributed by atoms with Gasteiger partial charge in [-0.25, -0.2) is 4.57 Å². The van der Waals surface area contributed by atoms with Crippen LogP contribution in [0.4, 0.5) is 0 Å². The average molecular weight is 490 g/mol. The lowest BCUT2D eigenvalue weighted by Gasteiger charge is -2.25. The third kappa shape index (κ3) is 3.25. The van der Waals surface area contributed by atoms with E-state index in [1.54, 1.807) is 19.9 Å². The standard InChI is InChI=1S/C33H33N2Si/c1-21-10-14-26-27-15-13-24(20-34)30(22-11-12-23-18-33(2,3)19-25(23)17-22)32(27)36(5,6)31(26)29(21)28-9-7-8-16-35(28)4/h7-17H,18-19H2,1-6H3/q+1/i18D2,19D2. The molecule has 2 aliphatic rings. The highest BCUT2D eigenvalue weighted by Crippen LogP contribution is 2.41. The second-order valence-corrected chi connectivity index (χ2v) is 15.4. The number of benzene rings is 3. The number of nitrogens with zero attached hydrogens (tertiary/aromatic N) is 2. The summed E-state index contributed by atoms with van der Waals surface area (Å²) in [5.74, 6) is 0. The van der Waals surface area contributed by atoms with E-state index in [1.807, 2.05) is 24.3 Å². The largest absolute Gasteiger partial charge is 0.212 e. The van der Waals surface area contributed by atoms with Crippen molar-refractivity contribution in [2.45, 2.75) is 46.6 Å². The predicted molar refractivity (Wildman–Crippen MR) is 151 cm³/mol. The third-order valence-corrected chi connectivity index (χ3v) is 11.3. The first-order valence-electron chi connectivity index (χ1n) is 14.5. The van der Waals surface area contributed by atoms with E-state index >= 15 is 0 Å². The van der Waals surface area contributed by atoms with Crippen molar-refractivity contribution in [2.75, 3.05) is 0 Å². The van der Waals surface area contributed by atoms with Crippen LogP contribution in [-0.2, 0) is 19.8 Å². The quantitative estimate of drug-likeness (QED) is 0.252. The van der Waals surface area contributed by atoms with Crippen molar-refractivity contribution in [3.05, 3.63) is 89.1 Å². The minimum absolute atomic E-state index is 0.379. The van der Waals surface area contributed by atoms with E-state index in [1.165, 1.54) is 27.1 Å². The van der Waals surface area contributed by atoms with E-state index in [0.717, 1.165) is 22.4 Å². The molecule has 0 radical (unpaired) electrons. The van der Waals surface area contributed by atoms with Gasteiger partial charge < -0.3 is 0 Å². The van der Waals surface area contributed by atoms with E-state index in [-0.39, 0.29) is 0 Å². The lowest BCUT2D eigenvalue weighted by atomic mass is 9.90. The smallest absolute Gasteiger partial charge is 0.201 e. The zero-order valence-electron chi connectivity index (χ0n) is 25.7. The summed E-state index contributed by atoms with van der Waals surface area (Å²) < 4.78 is 37.6. The van der Waals surface area contributed by atoms with Crippen molar-refractivity contribution >= 4 is 18.4 Å². The molecule has 0 saturated heterocycles. The Kier molecular flexibility index (Phi) is 4.04. The second-order valence-electron chi connectivity index (χ2n) is 11.2. The zero-order valence-corrected chi connectivity index (χ0v) is 22.7. The van der Waals surface area contributed by atoms with E-state index < -0.39 is 26.2 Å². The summed E-state index contributed by atoms with van der Waals surface area (Å²) in [6.45, 7) is 10.2. The molecule has 0 N–H and O–H groups in total. The molecule has 2 nitrogen and oxygen atoms in total. The molecule has 0 unspecified atom stereocenters. The number of aromatic nitrogens is 1. The Morgan fingerprint density at radius 2 is 1.61 bits per heavy atom. The molecule has 1 aromatic heterocycles. The van der Waals surface area contributed by atoms with Gasteiger partial charge in [0, 0.05) is 23.2 Å². The summed E-state index contributed by atoms with van der Waals surface area (Å²) in [6, 6.07) is 22.5. The van der Waals surface area contributed by atoms with Crippen molar-refractivity contribution in [1.29, 1.82) is 5.26 Å². The van der Waals surface area contributed by atoms with Gasteiger partial charge in [-0.2, -0.15) is 5.26 Å². The SMILES string of the molecule is [2H]C1([2H])c2ccc(-c3c(C#N)ccc4c3[Si](C)(C)c3c-4ccc(C)c3-c3cccc[n+]3C)cc2C([2H])([2H])C1(C)C. The van der Waals surface area contributed by atoms with Crippen LogP contribution in [-0.4, -0.2) is 8.07 Å². The van der Waals surface area contributed by atoms with Gasteiger partial charge in [0.05, 0.1) is 11.6 Å². The topological polar surface area (TPSA) is 27.7 Å². The van der Waals surface area contributed by atoms with Crippen LogP contribution in [0, 0.1) is 23.7 Å². The van der Waals surface area contributed by atoms with Crippen LogP contribution in [0.2, 0.25) is 13.1 Å². The lowest BCUT2D eigenvalue weighted by Crippen LogP contribution is -2.52. The molecule has 0 spiro atoms. The van der Waals surface area contributed by atoms with Gasteiger partial charge in [0.25, 0.3) is 0 Å². The molecular weight excluding hydrogens is 452 g/mol. The van der Waals surface area contributed by atoms with Gasteiger partial charge in [-0.3, -0.25) is 0 Å². The van der Waals surface area contributed by atoms with Gasteiger partial charge in [-0.1, -0.05) is 63.3 Å². The summed E-state index contributed by atoms with van der Waals surface area (Å²) in [5.41, 5.74) is 7.70. The monoisotopic (exact) mass is 489 g/mol. The maximum atomic E-state index is 10.3. The Morgan fingerprint density at radius 3 is 2.33 bits per heavy atom. The highest BCUT2D eigenvalue weighted by atomic mass is 28.3. The van der Waals surface area contributed by atoms with Crippen LogP contribution in [0.25, 0.3) is 33.5 Å². The summed E-state index contributed by atoms with van der Waals surface area (Å²) >= 11 is 0. The third-order valence-electron chi connectivity index (χ3n) is 7.79. The van der Waals surface area contributed by atoms with Crippen LogP contribution < -0.4 is 14.9 Å². The van der Waals surface area contributed by atoms with E-state index in [4.69, 9.17) is 5.48 Å². The normalized spacial score (nSPS) is 20.7. The Balaban J connectivity index is 1.66. The van der Waals surface area contributed by atoms with Crippen molar-refractivity contribution < 1.29 is 10.1 Å². The fourth-order valence-corrected chi connectivity index (χ4v) is 10.2. The molecule has 178 valence electrons.